The highest BCUT2D eigenvalue weighted by molar-refractivity contribution is 5.82. The summed E-state index contributed by atoms with van der Waals surface area (Å²) in [6, 6.07) is 0.442. The van der Waals surface area contributed by atoms with Crippen LogP contribution < -0.4 is 0 Å². The van der Waals surface area contributed by atoms with Crippen molar-refractivity contribution < 1.29 is 0 Å². The third-order valence-electron chi connectivity index (χ3n) is 1.26. The fraction of sp³-hybridized carbons (Fsp3) is 0.900. The van der Waals surface area contributed by atoms with Gasteiger partial charge in [0.15, 0.2) is 0 Å². The largest absolute Gasteiger partial charge is 0.292 e. The van der Waals surface area contributed by atoms with Crippen molar-refractivity contribution in [3.05, 3.63) is 0 Å². The van der Waals surface area contributed by atoms with Crippen molar-refractivity contribution in [2.24, 2.45) is 10.4 Å². The molecule has 0 N–H and O–H groups in total. The number of rotatable bonds is 2. The molecule has 1 nitrogen and oxygen atoms in total. The van der Waals surface area contributed by atoms with Crippen LogP contribution in [0.15, 0.2) is 4.99 Å². The molecule has 0 rings (SSSR count). The van der Waals surface area contributed by atoms with Crippen molar-refractivity contribution in [1.82, 2.24) is 0 Å². The molecule has 0 unspecified atom stereocenters. The smallest absolute Gasteiger partial charge is 0.0442 e. The van der Waals surface area contributed by atoms with Gasteiger partial charge in [0.1, 0.15) is 0 Å². The van der Waals surface area contributed by atoms with Gasteiger partial charge in [-0.3, -0.25) is 4.99 Å². The average molecular weight is 155 g/mol. The zero-order chi connectivity index (χ0) is 9.07. The summed E-state index contributed by atoms with van der Waals surface area (Å²) in [5.41, 5.74) is 1.65. The Kier molecular flexibility index (Phi) is 3.77. The molecule has 0 aromatic rings. The molecular formula is C10H21N. The van der Waals surface area contributed by atoms with E-state index in [0.29, 0.717) is 11.5 Å². The van der Waals surface area contributed by atoms with Crippen LogP contribution in [0.5, 0.6) is 0 Å². The molecule has 0 amide bonds. The number of hydrogen-bond acceptors (Lipinski definition) is 1. The normalized spacial score (nSPS) is 14.3. The number of aliphatic imine (C=N–C) groups is 1. The minimum absolute atomic E-state index is 0.377. The van der Waals surface area contributed by atoms with Gasteiger partial charge in [0.25, 0.3) is 0 Å². The third-order valence-corrected chi connectivity index (χ3v) is 1.26. The SMILES string of the molecule is CC(CC(C)(C)C)=NC(C)C. The molecule has 0 aliphatic heterocycles. The van der Waals surface area contributed by atoms with E-state index >= 15 is 0 Å². The molecule has 0 aromatic heterocycles. The van der Waals surface area contributed by atoms with Gasteiger partial charge in [0.05, 0.1) is 0 Å². The lowest BCUT2D eigenvalue weighted by Gasteiger charge is -2.17. The summed E-state index contributed by atoms with van der Waals surface area (Å²) >= 11 is 0. The maximum atomic E-state index is 4.48. The van der Waals surface area contributed by atoms with Gasteiger partial charge >= 0.3 is 0 Å². The Morgan fingerprint density at radius 1 is 1.27 bits per heavy atom. The highest BCUT2D eigenvalue weighted by atomic mass is 14.8. The van der Waals surface area contributed by atoms with E-state index in [0.717, 1.165) is 6.42 Å². The second-order valence-corrected chi connectivity index (χ2v) is 4.70. The van der Waals surface area contributed by atoms with Crippen molar-refractivity contribution >= 4 is 5.71 Å². The lowest BCUT2D eigenvalue weighted by Crippen LogP contribution is -2.11. The van der Waals surface area contributed by atoms with Crippen LogP contribution in [-0.4, -0.2) is 11.8 Å². The molecule has 11 heavy (non-hydrogen) atoms. The average Bonchev–Trinajstić information content (AvgIpc) is 1.53. The first-order valence-electron chi connectivity index (χ1n) is 4.34. The quantitative estimate of drug-likeness (QED) is 0.543. The maximum Gasteiger partial charge on any atom is 0.0442 e. The predicted octanol–water partition coefficient (Wildman–Crippen LogP) is 3.29. The van der Waals surface area contributed by atoms with Crippen LogP contribution in [0.1, 0.15) is 48.0 Å². The first kappa shape index (κ1) is 10.7. The minimum Gasteiger partial charge on any atom is -0.292 e. The number of nitrogens with zero attached hydrogens (tertiary/aromatic N) is 1. The van der Waals surface area contributed by atoms with Gasteiger partial charge < -0.3 is 0 Å². The summed E-state index contributed by atoms with van der Waals surface area (Å²) in [5.74, 6) is 0. The van der Waals surface area contributed by atoms with Crippen molar-refractivity contribution in [3.8, 4) is 0 Å². The van der Waals surface area contributed by atoms with Crippen LogP contribution >= 0.6 is 0 Å². The highest BCUT2D eigenvalue weighted by Gasteiger charge is 2.11. The fourth-order valence-corrected chi connectivity index (χ4v) is 1.25. The first-order chi connectivity index (χ1) is 4.81. The molecule has 0 saturated carbocycles. The summed E-state index contributed by atoms with van der Waals surface area (Å²) < 4.78 is 0. The minimum atomic E-state index is 0.377. The van der Waals surface area contributed by atoms with Gasteiger partial charge in [-0.1, -0.05) is 20.8 Å². The van der Waals surface area contributed by atoms with Gasteiger partial charge in [0, 0.05) is 11.8 Å². The van der Waals surface area contributed by atoms with Gasteiger partial charge in [-0.2, -0.15) is 0 Å². The van der Waals surface area contributed by atoms with Crippen LogP contribution in [0, 0.1) is 5.41 Å². The monoisotopic (exact) mass is 155 g/mol. The van der Waals surface area contributed by atoms with Gasteiger partial charge in [0.2, 0.25) is 0 Å². The Morgan fingerprint density at radius 2 is 1.73 bits per heavy atom. The molecule has 0 aliphatic carbocycles. The Bertz CT molecular complexity index is 137. The van der Waals surface area contributed by atoms with Crippen LogP contribution in [0.2, 0.25) is 0 Å². The standard InChI is InChI=1S/C10H21N/c1-8(2)11-9(3)7-10(4,5)6/h8H,7H2,1-6H3. The fourth-order valence-electron chi connectivity index (χ4n) is 1.25. The molecule has 0 radical (unpaired) electrons. The summed E-state index contributed by atoms with van der Waals surface area (Å²) in [4.78, 5) is 4.48. The molecule has 0 saturated heterocycles. The molecular weight excluding hydrogens is 134 g/mol. The summed E-state index contributed by atoms with van der Waals surface area (Å²) in [6.07, 6.45) is 1.10. The Hall–Kier alpha value is -0.330. The second-order valence-electron chi connectivity index (χ2n) is 4.70. The topological polar surface area (TPSA) is 12.4 Å². The molecule has 0 bridgehead atoms. The Labute approximate surface area is 70.9 Å². The molecule has 0 fully saturated rings. The van der Waals surface area contributed by atoms with Crippen LogP contribution in [-0.2, 0) is 0 Å². The van der Waals surface area contributed by atoms with E-state index in [1.807, 2.05) is 0 Å². The number of hydrogen-bond donors (Lipinski definition) is 0. The molecule has 66 valence electrons. The van der Waals surface area contributed by atoms with E-state index in [4.69, 9.17) is 0 Å². The third kappa shape index (κ3) is 7.57. The van der Waals surface area contributed by atoms with Gasteiger partial charge in [-0.25, -0.2) is 0 Å². The Morgan fingerprint density at radius 3 is 2.00 bits per heavy atom. The van der Waals surface area contributed by atoms with Gasteiger partial charge in [-0.15, -0.1) is 0 Å². The van der Waals surface area contributed by atoms with Crippen molar-refractivity contribution in [2.45, 2.75) is 54.0 Å². The lowest BCUT2D eigenvalue weighted by molar-refractivity contribution is 0.432. The summed E-state index contributed by atoms with van der Waals surface area (Å²) in [5, 5.41) is 0. The zero-order valence-corrected chi connectivity index (χ0v) is 8.73. The van der Waals surface area contributed by atoms with E-state index < -0.39 is 0 Å². The van der Waals surface area contributed by atoms with E-state index in [1.54, 1.807) is 0 Å². The summed E-state index contributed by atoms with van der Waals surface area (Å²) in [7, 11) is 0. The zero-order valence-electron chi connectivity index (χ0n) is 8.73. The molecule has 0 aromatic carbocycles. The maximum absolute atomic E-state index is 4.48. The van der Waals surface area contributed by atoms with E-state index in [-0.39, 0.29) is 0 Å². The summed E-state index contributed by atoms with van der Waals surface area (Å²) in [6.45, 7) is 13.1. The van der Waals surface area contributed by atoms with E-state index in [9.17, 15) is 0 Å². The highest BCUT2D eigenvalue weighted by Crippen LogP contribution is 2.19. The molecule has 0 heterocycles. The predicted molar refractivity (Wildman–Crippen MR) is 52.3 cm³/mol. The molecule has 0 spiro atoms. The molecule has 0 aliphatic rings. The van der Waals surface area contributed by atoms with Crippen LogP contribution in [0.3, 0.4) is 0 Å². The molecule has 0 atom stereocenters. The van der Waals surface area contributed by atoms with Crippen molar-refractivity contribution in [1.29, 1.82) is 0 Å². The van der Waals surface area contributed by atoms with E-state index in [1.165, 1.54) is 5.71 Å². The van der Waals surface area contributed by atoms with E-state index in [2.05, 4.69) is 46.5 Å². The van der Waals surface area contributed by atoms with Crippen molar-refractivity contribution in [3.63, 3.8) is 0 Å². The van der Waals surface area contributed by atoms with Crippen LogP contribution in [0.4, 0.5) is 0 Å². The second kappa shape index (κ2) is 3.89. The van der Waals surface area contributed by atoms with Crippen LogP contribution in [0.25, 0.3) is 0 Å². The molecule has 1 heteroatoms. The first-order valence-corrected chi connectivity index (χ1v) is 4.34. The van der Waals surface area contributed by atoms with Crippen molar-refractivity contribution in [2.75, 3.05) is 0 Å². The van der Waals surface area contributed by atoms with Gasteiger partial charge in [-0.05, 0) is 32.6 Å². The lowest BCUT2D eigenvalue weighted by atomic mass is 9.90. The Balaban J connectivity index is 3.97.